The number of carbonyl (C=O) groups is 1. The lowest BCUT2D eigenvalue weighted by Crippen LogP contribution is -2.30. The topological polar surface area (TPSA) is 94.2 Å². The third kappa shape index (κ3) is 3.51. The van der Waals surface area contributed by atoms with E-state index in [0.29, 0.717) is 11.4 Å². The highest BCUT2D eigenvalue weighted by Gasteiger charge is 2.18. The Morgan fingerprint density at radius 3 is 2.29 bits per heavy atom. The van der Waals surface area contributed by atoms with Crippen LogP contribution in [-0.2, 0) is 11.3 Å². The number of hydrogen-bond acceptors (Lipinski definition) is 4. The lowest BCUT2D eigenvalue weighted by atomic mass is 10.1. The van der Waals surface area contributed by atoms with E-state index in [0.717, 1.165) is 27.3 Å². The van der Waals surface area contributed by atoms with E-state index in [1.165, 1.54) is 6.07 Å². The van der Waals surface area contributed by atoms with Crippen molar-refractivity contribution in [3.05, 3.63) is 67.1 Å². The normalized spacial score (nSPS) is 10.5. The Balaban J connectivity index is 2.30. The highest BCUT2D eigenvalue weighted by atomic mass is 16.6. The van der Waals surface area contributed by atoms with Gasteiger partial charge in [-0.05, 0) is 44.9 Å². The van der Waals surface area contributed by atoms with Crippen molar-refractivity contribution in [3.63, 3.8) is 0 Å². The second kappa shape index (κ2) is 6.66. The molecule has 0 saturated carbocycles. The van der Waals surface area contributed by atoms with Crippen LogP contribution in [0.15, 0.2) is 29.1 Å². The van der Waals surface area contributed by atoms with Crippen LogP contribution in [0.25, 0.3) is 0 Å². The maximum atomic E-state index is 12.3. The van der Waals surface area contributed by atoms with E-state index < -0.39 is 22.1 Å². The van der Waals surface area contributed by atoms with Crippen LogP contribution in [0.5, 0.6) is 0 Å². The molecule has 0 radical (unpaired) electrons. The number of hydrogen-bond donors (Lipinski definition) is 1. The van der Waals surface area contributed by atoms with Gasteiger partial charge in [-0.25, -0.2) is 0 Å². The highest BCUT2D eigenvalue weighted by Crippen LogP contribution is 2.21. The predicted octanol–water partition coefficient (Wildman–Crippen LogP) is 2.63. The van der Waals surface area contributed by atoms with Crippen LogP contribution in [-0.4, -0.2) is 15.4 Å². The van der Waals surface area contributed by atoms with Crippen molar-refractivity contribution in [2.75, 3.05) is 5.32 Å². The Bertz CT molecular complexity index is 861. The van der Waals surface area contributed by atoms with Crippen molar-refractivity contribution in [1.29, 1.82) is 0 Å². The molecule has 0 fully saturated rings. The van der Waals surface area contributed by atoms with Gasteiger partial charge in [0.05, 0.1) is 4.92 Å². The van der Waals surface area contributed by atoms with Crippen molar-refractivity contribution < 1.29 is 9.72 Å². The molecule has 7 heteroatoms. The van der Waals surface area contributed by atoms with Crippen LogP contribution >= 0.6 is 0 Å². The summed E-state index contributed by atoms with van der Waals surface area (Å²) >= 11 is 0. The van der Waals surface area contributed by atoms with Gasteiger partial charge in [0.15, 0.2) is 0 Å². The van der Waals surface area contributed by atoms with E-state index >= 15 is 0 Å². The quantitative estimate of drug-likeness (QED) is 0.689. The van der Waals surface area contributed by atoms with E-state index in [9.17, 15) is 19.7 Å². The number of rotatable bonds is 4. The van der Waals surface area contributed by atoms with Crippen molar-refractivity contribution in [3.8, 4) is 0 Å². The van der Waals surface area contributed by atoms with Crippen LogP contribution in [0, 0.1) is 37.8 Å². The van der Waals surface area contributed by atoms with Crippen molar-refractivity contribution in [1.82, 2.24) is 4.57 Å². The van der Waals surface area contributed by atoms with Gasteiger partial charge in [0.2, 0.25) is 5.91 Å². The fourth-order valence-electron chi connectivity index (χ4n) is 2.69. The molecule has 0 aliphatic carbocycles. The average molecular weight is 329 g/mol. The van der Waals surface area contributed by atoms with E-state index in [4.69, 9.17) is 0 Å². The molecule has 0 saturated heterocycles. The Labute approximate surface area is 139 Å². The molecule has 1 aromatic carbocycles. The number of aromatic nitrogens is 1. The fraction of sp³-hybridized carbons (Fsp3) is 0.294. The number of nitrogens with one attached hydrogen (secondary N) is 1. The van der Waals surface area contributed by atoms with Crippen molar-refractivity contribution in [2.45, 2.75) is 34.2 Å². The van der Waals surface area contributed by atoms with Gasteiger partial charge in [-0.2, -0.15) is 0 Å². The lowest BCUT2D eigenvalue weighted by Gasteiger charge is -2.14. The minimum Gasteiger partial charge on any atom is -0.324 e. The monoisotopic (exact) mass is 329 g/mol. The molecule has 24 heavy (non-hydrogen) atoms. The second-order valence-electron chi connectivity index (χ2n) is 5.83. The first-order valence-electron chi connectivity index (χ1n) is 7.43. The third-order valence-electron chi connectivity index (χ3n) is 3.81. The summed E-state index contributed by atoms with van der Waals surface area (Å²) in [5, 5.41) is 13.7. The van der Waals surface area contributed by atoms with Gasteiger partial charge in [-0.3, -0.25) is 24.3 Å². The maximum Gasteiger partial charge on any atom is 0.334 e. The Morgan fingerprint density at radius 1 is 1.17 bits per heavy atom. The highest BCUT2D eigenvalue weighted by molar-refractivity contribution is 5.92. The van der Waals surface area contributed by atoms with Gasteiger partial charge in [0, 0.05) is 17.4 Å². The van der Waals surface area contributed by atoms with E-state index in [-0.39, 0.29) is 6.54 Å². The number of aryl methyl sites for hydroxylation is 4. The molecule has 0 aliphatic heterocycles. The van der Waals surface area contributed by atoms with Gasteiger partial charge in [-0.15, -0.1) is 0 Å². The summed E-state index contributed by atoms with van der Waals surface area (Å²) in [7, 11) is 0. The largest absolute Gasteiger partial charge is 0.334 e. The number of anilines is 1. The second-order valence-corrected chi connectivity index (χ2v) is 5.83. The molecule has 0 atom stereocenters. The molecule has 1 aromatic heterocycles. The minimum absolute atomic E-state index is 0.279. The molecule has 0 bridgehead atoms. The Morgan fingerprint density at radius 2 is 1.75 bits per heavy atom. The molecule has 0 aliphatic rings. The number of nitrogens with zero attached hydrogens (tertiary/aromatic N) is 2. The summed E-state index contributed by atoms with van der Waals surface area (Å²) < 4.78 is 1.10. The number of benzene rings is 1. The van der Waals surface area contributed by atoms with Crippen LogP contribution < -0.4 is 10.9 Å². The predicted molar refractivity (Wildman–Crippen MR) is 91.4 cm³/mol. The van der Waals surface area contributed by atoms with Crippen molar-refractivity contribution in [2.24, 2.45) is 0 Å². The van der Waals surface area contributed by atoms with Gasteiger partial charge in [0.25, 0.3) is 0 Å². The summed E-state index contributed by atoms with van der Waals surface area (Å²) in [5.41, 5.74) is 2.78. The molecule has 2 aromatic rings. The molecule has 1 amide bonds. The molecular weight excluding hydrogens is 310 g/mol. The molecule has 0 spiro atoms. The lowest BCUT2D eigenvalue weighted by molar-refractivity contribution is -0.386. The zero-order valence-electron chi connectivity index (χ0n) is 14.0. The minimum atomic E-state index is -0.785. The van der Waals surface area contributed by atoms with Crippen molar-refractivity contribution >= 4 is 17.3 Å². The van der Waals surface area contributed by atoms with Crippen LogP contribution in [0.3, 0.4) is 0 Å². The number of carbonyl (C=O) groups excluding carboxylic acids is 1. The molecular formula is C17H19N3O4. The first-order chi connectivity index (χ1) is 11.2. The molecule has 7 nitrogen and oxygen atoms in total. The van der Waals surface area contributed by atoms with Crippen LogP contribution in [0.2, 0.25) is 0 Å². The molecule has 0 unspecified atom stereocenters. The number of pyridine rings is 1. The van der Waals surface area contributed by atoms with Gasteiger partial charge < -0.3 is 5.32 Å². The summed E-state index contributed by atoms with van der Waals surface area (Å²) in [6, 6.07) is 6.51. The third-order valence-corrected chi connectivity index (χ3v) is 3.81. The van der Waals surface area contributed by atoms with E-state index in [1.54, 1.807) is 6.92 Å². The maximum absolute atomic E-state index is 12.3. The van der Waals surface area contributed by atoms with Crippen LogP contribution in [0.1, 0.15) is 22.4 Å². The molecule has 1 heterocycles. The summed E-state index contributed by atoms with van der Waals surface area (Å²) in [4.78, 5) is 34.6. The number of nitro groups is 1. The van der Waals surface area contributed by atoms with Crippen LogP contribution in [0.4, 0.5) is 11.4 Å². The fourth-order valence-corrected chi connectivity index (χ4v) is 2.69. The smallest absolute Gasteiger partial charge is 0.324 e. The first kappa shape index (κ1) is 17.4. The van der Waals surface area contributed by atoms with E-state index in [1.807, 2.05) is 32.9 Å². The Kier molecular flexibility index (Phi) is 4.82. The summed E-state index contributed by atoms with van der Waals surface area (Å²) in [5.74, 6) is -0.407. The summed E-state index contributed by atoms with van der Waals surface area (Å²) in [6.45, 7) is 7.10. The summed E-state index contributed by atoms with van der Waals surface area (Å²) in [6.07, 6.45) is 0. The van der Waals surface area contributed by atoms with Gasteiger partial charge in [0.1, 0.15) is 6.54 Å². The van der Waals surface area contributed by atoms with E-state index in [2.05, 4.69) is 5.32 Å². The Hall–Kier alpha value is -2.96. The standard InChI is InChI=1S/C17H19N3O4/c1-10-7-11(2)16(12(3)8-10)18-15(21)9-19-13(4)5-6-14(17(19)22)20(23)24/h5-8H,9H2,1-4H3,(H,18,21). The SMILES string of the molecule is Cc1cc(C)c(NC(=O)Cn2c(C)ccc([N+](=O)[O-])c2=O)c(C)c1. The van der Waals surface area contributed by atoms with Gasteiger partial charge in [-0.1, -0.05) is 17.7 Å². The average Bonchev–Trinajstić information content (AvgIpc) is 2.46. The molecule has 1 N–H and O–H groups in total. The number of amides is 1. The molecule has 2 rings (SSSR count). The zero-order chi connectivity index (χ0) is 18.0. The zero-order valence-corrected chi connectivity index (χ0v) is 14.0. The first-order valence-corrected chi connectivity index (χ1v) is 7.43. The van der Waals surface area contributed by atoms with Gasteiger partial charge >= 0.3 is 11.2 Å². The molecule has 126 valence electrons.